The summed E-state index contributed by atoms with van der Waals surface area (Å²) < 4.78 is 5.01. The number of methoxy groups -OCH3 is 1. The summed E-state index contributed by atoms with van der Waals surface area (Å²) in [6, 6.07) is 5.29. The Labute approximate surface area is 84.5 Å². The van der Waals surface area contributed by atoms with E-state index in [9.17, 15) is 5.11 Å². The largest absolute Gasteiger partial charge is 0.508 e. The minimum Gasteiger partial charge on any atom is -0.508 e. The third-order valence-electron chi connectivity index (χ3n) is 2.24. The van der Waals surface area contributed by atoms with Gasteiger partial charge in [-0.3, -0.25) is 0 Å². The van der Waals surface area contributed by atoms with Gasteiger partial charge in [0.1, 0.15) is 5.75 Å². The van der Waals surface area contributed by atoms with E-state index in [1.54, 1.807) is 13.2 Å². The first-order valence-electron chi connectivity index (χ1n) is 4.75. The van der Waals surface area contributed by atoms with Crippen molar-refractivity contribution in [2.24, 2.45) is 5.73 Å². The Kier molecular flexibility index (Phi) is 3.92. The van der Waals surface area contributed by atoms with Crippen LogP contribution in [0.4, 0.5) is 0 Å². The van der Waals surface area contributed by atoms with Crippen LogP contribution in [0.5, 0.6) is 5.75 Å². The lowest BCUT2D eigenvalue weighted by Gasteiger charge is -2.12. The highest BCUT2D eigenvalue weighted by molar-refractivity contribution is 5.38. The Morgan fingerprint density at radius 1 is 1.50 bits per heavy atom. The van der Waals surface area contributed by atoms with Crippen LogP contribution in [0, 0.1) is 0 Å². The van der Waals surface area contributed by atoms with E-state index in [0.29, 0.717) is 6.61 Å². The summed E-state index contributed by atoms with van der Waals surface area (Å²) in [5.74, 6) is 0.263. The van der Waals surface area contributed by atoms with E-state index in [2.05, 4.69) is 0 Å². The van der Waals surface area contributed by atoms with Gasteiger partial charge in [0.05, 0.1) is 6.61 Å². The van der Waals surface area contributed by atoms with Gasteiger partial charge in [-0.2, -0.15) is 0 Å². The Balaban J connectivity index is 2.95. The first-order valence-corrected chi connectivity index (χ1v) is 4.75. The van der Waals surface area contributed by atoms with Crippen LogP contribution >= 0.6 is 0 Å². The number of hydrogen-bond donors (Lipinski definition) is 2. The number of phenols is 1. The van der Waals surface area contributed by atoms with Gasteiger partial charge in [0.25, 0.3) is 0 Å². The lowest BCUT2D eigenvalue weighted by Crippen LogP contribution is -2.09. The van der Waals surface area contributed by atoms with E-state index in [4.69, 9.17) is 10.5 Å². The zero-order valence-corrected chi connectivity index (χ0v) is 8.66. The number of rotatable bonds is 4. The SMILES string of the molecule is CC[C@@H](N)c1cc(COC)ccc1O. The fraction of sp³-hybridized carbons (Fsp3) is 0.455. The van der Waals surface area contributed by atoms with Gasteiger partial charge in [-0.05, 0) is 24.1 Å². The summed E-state index contributed by atoms with van der Waals surface area (Å²) in [7, 11) is 1.65. The predicted octanol–water partition coefficient (Wildman–Crippen LogP) is 1.95. The highest BCUT2D eigenvalue weighted by atomic mass is 16.5. The summed E-state index contributed by atoms with van der Waals surface area (Å²) >= 11 is 0. The number of phenolic OH excluding ortho intramolecular Hbond substituents is 1. The van der Waals surface area contributed by atoms with Crippen LogP contribution in [0.25, 0.3) is 0 Å². The van der Waals surface area contributed by atoms with Gasteiger partial charge in [0.2, 0.25) is 0 Å². The van der Waals surface area contributed by atoms with Crippen LogP contribution in [0.1, 0.15) is 30.5 Å². The molecule has 1 aromatic carbocycles. The maximum Gasteiger partial charge on any atom is 0.120 e. The quantitative estimate of drug-likeness (QED) is 0.772. The van der Waals surface area contributed by atoms with Gasteiger partial charge >= 0.3 is 0 Å². The highest BCUT2D eigenvalue weighted by Crippen LogP contribution is 2.25. The van der Waals surface area contributed by atoms with Crippen molar-refractivity contribution >= 4 is 0 Å². The van der Waals surface area contributed by atoms with Crippen molar-refractivity contribution in [1.82, 2.24) is 0 Å². The maximum atomic E-state index is 9.58. The molecule has 14 heavy (non-hydrogen) atoms. The molecule has 0 spiro atoms. The molecule has 0 unspecified atom stereocenters. The second-order valence-corrected chi connectivity index (χ2v) is 3.34. The van der Waals surface area contributed by atoms with Gasteiger partial charge in [0.15, 0.2) is 0 Å². The number of ether oxygens (including phenoxy) is 1. The molecule has 3 N–H and O–H groups in total. The summed E-state index contributed by atoms with van der Waals surface area (Å²) in [6.45, 7) is 2.54. The van der Waals surface area contributed by atoms with Gasteiger partial charge in [-0.1, -0.05) is 13.0 Å². The van der Waals surface area contributed by atoms with Gasteiger partial charge in [-0.25, -0.2) is 0 Å². The first kappa shape index (κ1) is 11.0. The highest BCUT2D eigenvalue weighted by Gasteiger charge is 2.09. The summed E-state index contributed by atoms with van der Waals surface area (Å²) in [6.07, 6.45) is 0.810. The molecule has 0 aliphatic rings. The van der Waals surface area contributed by atoms with E-state index < -0.39 is 0 Å². The molecule has 0 saturated heterocycles. The Bertz CT molecular complexity index is 299. The van der Waals surface area contributed by atoms with Crippen molar-refractivity contribution < 1.29 is 9.84 Å². The van der Waals surface area contributed by atoms with Crippen LogP contribution < -0.4 is 5.73 Å². The average Bonchev–Trinajstić information content (AvgIpc) is 2.20. The monoisotopic (exact) mass is 195 g/mol. The molecule has 0 heterocycles. The van der Waals surface area contributed by atoms with Crippen molar-refractivity contribution in [2.75, 3.05) is 7.11 Å². The van der Waals surface area contributed by atoms with Crippen molar-refractivity contribution in [3.8, 4) is 5.75 Å². The molecule has 0 amide bonds. The third kappa shape index (κ3) is 2.47. The summed E-state index contributed by atoms with van der Waals surface area (Å²) in [5.41, 5.74) is 7.68. The van der Waals surface area contributed by atoms with E-state index >= 15 is 0 Å². The molecule has 3 heteroatoms. The van der Waals surface area contributed by atoms with Gasteiger partial charge < -0.3 is 15.6 Å². The maximum absolute atomic E-state index is 9.58. The van der Waals surface area contributed by atoms with Crippen molar-refractivity contribution in [3.05, 3.63) is 29.3 Å². The molecule has 0 aliphatic heterocycles. The second kappa shape index (κ2) is 4.98. The van der Waals surface area contributed by atoms with Crippen molar-refractivity contribution in [1.29, 1.82) is 0 Å². The standard InChI is InChI=1S/C11H17NO2/c1-3-10(12)9-6-8(7-14-2)4-5-11(9)13/h4-6,10,13H,3,7,12H2,1-2H3/t10-/m1/s1. The normalized spacial score (nSPS) is 12.8. The smallest absolute Gasteiger partial charge is 0.120 e. The molecule has 1 rings (SSSR count). The van der Waals surface area contributed by atoms with Gasteiger partial charge in [-0.15, -0.1) is 0 Å². The lowest BCUT2D eigenvalue weighted by molar-refractivity contribution is 0.184. The molecule has 3 nitrogen and oxygen atoms in total. The fourth-order valence-corrected chi connectivity index (χ4v) is 1.38. The van der Waals surface area contributed by atoms with Crippen LogP contribution in [-0.2, 0) is 11.3 Å². The Morgan fingerprint density at radius 3 is 2.79 bits per heavy atom. The van der Waals surface area contributed by atoms with Crippen LogP contribution in [-0.4, -0.2) is 12.2 Å². The van der Waals surface area contributed by atoms with Crippen LogP contribution in [0.2, 0.25) is 0 Å². The Morgan fingerprint density at radius 2 is 2.21 bits per heavy atom. The summed E-state index contributed by atoms with van der Waals surface area (Å²) in [5, 5.41) is 9.58. The molecule has 0 aromatic heterocycles. The first-order chi connectivity index (χ1) is 6.69. The number of aromatic hydroxyl groups is 1. The fourth-order valence-electron chi connectivity index (χ4n) is 1.38. The molecule has 1 atom stereocenters. The van der Waals surface area contributed by atoms with Crippen molar-refractivity contribution in [3.63, 3.8) is 0 Å². The number of benzene rings is 1. The molecule has 78 valence electrons. The van der Waals surface area contributed by atoms with E-state index in [0.717, 1.165) is 17.5 Å². The number of hydrogen-bond acceptors (Lipinski definition) is 3. The molecule has 0 bridgehead atoms. The molecule has 0 aliphatic carbocycles. The zero-order valence-electron chi connectivity index (χ0n) is 8.66. The van der Waals surface area contributed by atoms with E-state index in [1.807, 2.05) is 19.1 Å². The molecule has 1 aromatic rings. The van der Waals surface area contributed by atoms with E-state index in [-0.39, 0.29) is 11.8 Å². The van der Waals surface area contributed by atoms with Crippen molar-refractivity contribution in [2.45, 2.75) is 26.0 Å². The van der Waals surface area contributed by atoms with Gasteiger partial charge in [0, 0.05) is 18.7 Å². The predicted molar refractivity (Wildman–Crippen MR) is 56.0 cm³/mol. The minimum atomic E-state index is -0.105. The van der Waals surface area contributed by atoms with Crippen LogP contribution in [0.15, 0.2) is 18.2 Å². The molecular formula is C11H17NO2. The second-order valence-electron chi connectivity index (χ2n) is 3.34. The molecule has 0 saturated carbocycles. The minimum absolute atomic E-state index is 0.105. The number of nitrogens with two attached hydrogens (primary N) is 1. The summed E-state index contributed by atoms with van der Waals surface area (Å²) in [4.78, 5) is 0. The zero-order chi connectivity index (χ0) is 10.6. The molecular weight excluding hydrogens is 178 g/mol. The van der Waals surface area contributed by atoms with E-state index in [1.165, 1.54) is 0 Å². The molecule has 0 fully saturated rings. The lowest BCUT2D eigenvalue weighted by atomic mass is 10.0. The molecule has 0 radical (unpaired) electrons. The topological polar surface area (TPSA) is 55.5 Å². The van der Waals surface area contributed by atoms with Crippen LogP contribution in [0.3, 0.4) is 0 Å². The average molecular weight is 195 g/mol. The Hall–Kier alpha value is -1.06. The third-order valence-corrected chi connectivity index (χ3v) is 2.24.